The molecule has 0 atom stereocenters. The Bertz CT molecular complexity index is 333. The third-order valence-electron chi connectivity index (χ3n) is 3.85. The Kier molecular flexibility index (Phi) is 18.1. The van der Waals surface area contributed by atoms with E-state index < -0.39 is 11.1 Å². The van der Waals surface area contributed by atoms with Crippen LogP contribution in [-0.2, 0) is 15.8 Å². The molecule has 4 nitrogen and oxygen atoms in total. The summed E-state index contributed by atoms with van der Waals surface area (Å²) in [6, 6.07) is 0. The van der Waals surface area contributed by atoms with Crippen LogP contribution in [0.25, 0.3) is 0 Å². The van der Waals surface area contributed by atoms with Crippen molar-refractivity contribution in [3.63, 3.8) is 0 Å². The summed E-state index contributed by atoms with van der Waals surface area (Å²) in [6.45, 7) is 4.38. The summed E-state index contributed by atoms with van der Waals surface area (Å²) < 4.78 is 11.0. The summed E-state index contributed by atoms with van der Waals surface area (Å²) in [7, 11) is 0. The van der Waals surface area contributed by atoms with E-state index in [1.165, 1.54) is 51.4 Å². The maximum absolute atomic E-state index is 11.9. The van der Waals surface area contributed by atoms with Crippen molar-refractivity contribution >= 4 is 60.4 Å². The van der Waals surface area contributed by atoms with E-state index in [-0.39, 0.29) is 11.9 Å². The van der Waals surface area contributed by atoms with Crippen LogP contribution in [0, 0.1) is 0 Å². The van der Waals surface area contributed by atoms with Crippen LogP contribution in [-0.4, -0.2) is 23.1 Å². The van der Waals surface area contributed by atoms with Crippen molar-refractivity contribution in [2.45, 2.75) is 104 Å². The van der Waals surface area contributed by atoms with Crippen LogP contribution in [0.5, 0.6) is 0 Å². The first kappa shape index (κ1) is 26.2. The molecule has 0 unspecified atom stereocenters. The third kappa shape index (κ3) is 18.3. The minimum atomic E-state index is -3.31. The Morgan fingerprint density at radius 1 is 0.640 bits per heavy atom. The van der Waals surface area contributed by atoms with Crippen molar-refractivity contribution in [2.75, 3.05) is 0 Å². The number of rotatable bonds is 16. The summed E-state index contributed by atoms with van der Waals surface area (Å²) in [5.74, 6) is -0.430. The molecule has 0 rings (SSSR count). The minimum absolute atomic E-state index is 0.215. The second kappa shape index (κ2) is 17.3. The number of hydrogen-bond donors (Lipinski definition) is 0. The molecule has 0 aliphatic rings. The van der Waals surface area contributed by atoms with E-state index in [1.54, 1.807) is 0 Å². The second-order valence-corrected chi connectivity index (χ2v) is 36.3. The molecule has 0 N–H and O–H groups in total. The van der Waals surface area contributed by atoms with E-state index in [1.807, 2.05) is 0 Å². The summed E-state index contributed by atoms with van der Waals surface area (Å²) in [6.07, 6.45) is 14.5. The number of carbonyl (C=O) groups is 2. The van der Waals surface area contributed by atoms with Gasteiger partial charge >= 0.3 is 180 Å². The fraction of sp³-hybridized carbons (Fsp3) is 0.889. The van der Waals surface area contributed by atoms with E-state index in [0.717, 1.165) is 25.7 Å². The van der Waals surface area contributed by atoms with Crippen LogP contribution in [0.2, 0.25) is 0 Å². The van der Waals surface area contributed by atoms with Gasteiger partial charge in [0.1, 0.15) is 0 Å². The molecule has 0 aromatic rings. The molecule has 150 valence electrons. The standard InChI is InChI=1S/C18H34I2O4Te/c1-3-5-7-9-11-13-15-17(21)23-25(19,20)24-18(22)16-14-12-10-8-6-4-2/h3-16H2,1-2H3. The molecule has 0 aromatic heterocycles. The molecule has 0 radical (unpaired) electrons. The van der Waals surface area contributed by atoms with Gasteiger partial charge in [0.25, 0.3) is 0 Å². The average molecular weight is 696 g/mol. The zero-order valence-electron chi connectivity index (χ0n) is 15.7. The van der Waals surface area contributed by atoms with Gasteiger partial charge in [-0.1, -0.05) is 0 Å². The van der Waals surface area contributed by atoms with E-state index in [2.05, 4.69) is 51.2 Å². The van der Waals surface area contributed by atoms with E-state index >= 15 is 0 Å². The van der Waals surface area contributed by atoms with Crippen LogP contribution in [0.3, 0.4) is 0 Å². The Balaban J connectivity index is 3.79. The average Bonchev–Trinajstić information content (AvgIpc) is 2.53. The summed E-state index contributed by atoms with van der Waals surface area (Å²) >= 11 is 0.800. The number of halogens is 2. The van der Waals surface area contributed by atoms with Crippen molar-refractivity contribution in [1.29, 1.82) is 0 Å². The topological polar surface area (TPSA) is 52.6 Å². The van der Waals surface area contributed by atoms with Crippen molar-refractivity contribution in [2.24, 2.45) is 0 Å². The van der Waals surface area contributed by atoms with Crippen LogP contribution < -0.4 is 0 Å². The van der Waals surface area contributed by atoms with Crippen molar-refractivity contribution in [1.82, 2.24) is 0 Å². The maximum atomic E-state index is 11.9. The first-order chi connectivity index (χ1) is 11.9. The van der Waals surface area contributed by atoms with Gasteiger partial charge in [-0.05, 0) is 0 Å². The fourth-order valence-electron chi connectivity index (χ4n) is 2.42. The van der Waals surface area contributed by atoms with Crippen LogP contribution >= 0.6 is 37.4 Å². The van der Waals surface area contributed by atoms with Crippen molar-refractivity contribution < 1.29 is 15.8 Å². The molecular weight excluding hydrogens is 662 g/mol. The van der Waals surface area contributed by atoms with E-state index in [4.69, 9.17) is 6.20 Å². The summed E-state index contributed by atoms with van der Waals surface area (Å²) in [4.78, 5) is 23.8. The summed E-state index contributed by atoms with van der Waals surface area (Å²) in [5.41, 5.74) is 0. The molecule has 0 amide bonds. The molecule has 0 aliphatic heterocycles. The molecule has 0 fully saturated rings. The second-order valence-electron chi connectivity index (χ2n) is 6.32. The molecule has 0 bridgehead atoms. The SMILES string of the molecule is CCCCCCCCC(=O)O[Te](I)(I)OC(=O)CCCCCCCC. The summed E-state index contributed by atoms with van der Waals surface area (Å²) in [5, 5.41) is 0. The first-order valence-electron chi connectivity index (χ1n) is 9.58. The number of hydrogen-bond acceptors (Lipinski definition) is 4. The Morgan fingerprint density at radius 2 is 0.960 bits per heavy atom. The van der Waals surface area contributed by atoms with Crippen LogP contribution in [0.4, 0.5) is 0 Å². The van der Waals surface area contributed by atoms with Crippen LogP contribution in [0.15, 0.2) is 0 Å². The van der Waals surface area contributed by atoms with Gasteiger partial charge in [-0.3, -0.25) is 0 Å². The Hall–Kier alpha value is 1.19. The third-order valence-corrected chi connectivity index (χ3v) is 10.8. The van der Waals surface area contributed by atoms with Crippen LogP contribution in [0.1, 0.15) is 104 Å². The normalized spacial score (nSPS) is 12.0. The molecule has 0 spiro atoms. The number of unbranched alkanes of at least 4 members (excludes halogenated alkanes) is 10. The fourth-order valence-corrected chi connectivity index (χ4v) is 9.61. The van der Waals surface area contributed by atoms with Gasteiger partial charge in [-0.25, -0.2) is 0 Å². The van der Waals surface area contributed by atoms with Gasteiger partial charge in [0.05, 0.1) is 0 Å². The van der Waals surface area contributed by atoms with Gasteiger partial charge in [0.2, 0.25) is 0 Å². The monoisotopic (exact) mass is 698 g/mol. The molecule has 0 aromatic carbocycles. The predicted molar refractivity (Wildman–Crippen MR) is 122 cm³/mol. The van der Waals surface area contributed by atoms with Crippen molar-refractivity contribution in [3.05, 3.63) is 0 Å². The molecule has 0 aliphatic carbocycles. The predicted octanol–water partition coefficient (Wildman–Crippen LogP) is 6.88. The number of carbonyl (C=O) groups excluding carboxylic acids is 2. The molecule has 0 saturated heterocycles. The van der Waals surface area contributed by atoms with E-state index in [0.29, 0.717) is 12.8 Å². The van der Waals surface area contributed by atoms with Gasteiger partial charge in [0.15, 0.2) is 0 Å². The van der Waals surface area contributed by atoms with E-state index in [9.17, 15) is 9.59 Å². The Labute approximate surface area is 178 Å². The molecular formula is C18H34I2O4Te. The first-order valence-corrected chi connectivity index (χ1v) is 25.1. The Morgan fingerprint density at radius 3 is 1.32 bits per heavy atom. The zero-order chi connectivity index (χ0) is 19.0. The molecule has 0 saturated carbocycles. The van der Waals surface area contributed by atoms with Gasteiger partial charge in [-0.15, -0.1) is 0 Å². The van der Waals surface area contributed by atoms with Gasteiger partial charge < -0.3 is 0 Å². The van der Waals surface area contributed by atoms with Crippen molar-refractivity contribution in [3.8, 4) is 0 Å². The molecule has 7 heteroatoms. The van der Waals surface area contributed by atoms with Gasteiger partial charge in [-0.2, -0.15) is 0 Å². The molecule has 25 heavy (non-hydrogen) atoms. The van der Waals surface area contributed by atoms with Gasteiger partial charge in [0, 0.05) is 0 Å². The zero-order valence-corrected chi connectivity index (χ0v) is 22.3. The molecule has 0 heterocycles. The quantitative estimate of drug-likeness (QED) is 0.100.